The van der Waals surface area contributed by atoms with E-state index in [4.69, 9.17) is 0 Å². The average Bonchev–Trinajstić information content (AvgIpc) is 2.60. The van der Waals surface area contributed by atoms with Gasteiger partial charge in [0.1, 0.15) is 0 Å². The lowest BCUT2D eigenvalue weighted by atomic mass is 9.88. The summed E-state index contributed by atoms with van der Waals surface area (Å²) < 4.78 is 2.21. The van der Waals surface area contributed by atoms with Crippen molar-refractivity contribution >= 4 is 0 Å². The Morgan fingerprint density at radius 3 is 2.44 bits per heavy atom. The second-order valence-corrected chi connectivity index (χ2v) is 5.85. The number of hydrogen-bond acceptors (Lipinski definition) is 2. The van der Waals surface area contributed by atoms with Crippen LogP contribution in [-0.4, -0.2) is 15.6 Å². The SMILES string of the molecule is CC(C)n1cncc1CNC(C)C(C)(C)C. The van der Waals surface area contributed by atoms with Crippen LogP contribution >= 0.6 is 0 Å². The maximum Gasteiger partial charge on any atom is 0.0951 e. The van der Waals surface area contributed by atoms with Gasteiger partial charge in [0.15, 0.2) is 0 Å². The third-order valence-corrected chi connectivity index (χ3v) is 3.19. The van der Waals surface area contributed by atoms with Crippen LogP contribution in [0.5, 0.6) is 0 Å². The summed E-state index contributed by atoms with van der Waals surface area (Å²) in [5.74, 6) is 0. The molecule has 0 amide bonds. The van der Waals surface area contributed by atoms with Crippen molar-refractivity contribution in [2.75, 3.05) is 0 Å². The van der Waals surface area contributed by atoms with E-state index in [0.717, 1.165) is 6.54 Å². The second-order valence-electron chi connectivity index (χ2n) is 5.85. The van der Waals surface area contributed by atoms with E-state index in [0.29, 0.717) is 17.5 Å². The first-order valence-corrected chi connectivity index (χ1v) is 6.06. The molecule has 0 fully saturated rings. The summed E-state index contributed by atoms with van der Waals surface area (Å²) in [5.41, 5.74) is 1.55. The predicted octanol–water partition coefficient (Wildman–Crippen LogP) is 2.99. The smallest absolute Gasteiger partial charge is 0.0951 e. The van der Waals surface area contributed by atoms with Crippen molar-refractivity contribution < 1.29 is 0 Å². The zero-order chi connectivity index (χ0) is 12.3. The molecular formula is C13H25N3. The van der Waals surface area contributed by atoms with Crippen LogP contribution in [0.25, 0.3) is 0 Å². The summed E-state index contributed by atoms with van der Waals surface area (Å²) in [6.45, 7) is 14.2. The fourth-order valence-corrected chi connectivity index (χ4v) is 1.50. The Morgan fingerprint density at radius 1 is 1.31 bits per heavy atom. The highest BCUT2D eigenvalue weighted by Gasteiger charge is 2.19. The lowest BCUT2D eigenvalue weighted by molar-refractivity contribution is 0.283. The summed E-state index contributed by atoms with van der Waals surface area (Å²) >= 11 is 0. The molecule has 0 radical (unpaired) electrons. The van der Waals surface area contributed by atoms with Gasteiger partial charge in [0.25, 0.3) is 0 Å². The molecule has 0 spiro atoms. The molecule has 0 saturated heterocycles. The molecular weight excluding hydrogens is 198 g/mol. The van der Waals surface area contributed by atoms with Crippen molar-refractivity contribution in [3.8, 4) is 0 Å². The molecule has 1 aromatic rings. The number of rotatable bonds is 4. The fourth-order valence-electron chi connectivity index (χ4n) is 1.50. The van der Waals surface area contributed by atoms with Crippen LogP contribution in [0.4, 0.5) is 0 Å². The van der Waals surface area contributed by atoms with E-state index >= 15 is 0 Å². The first-order chi connectivity index (χ1) is 7.32. The van der Waals surface area contributed by atoms with Crippen molar-refractivity contribution in [2.24, 2.45) is 5.41 Å². The van der Waals surface area contributed by atoms with Gasteiger partial charge in [0.2, 0.25) is 0 Å². The van der Waals surface area contributed by atoms with Crippen molar-refractivity contribution in [2.45, 2.75) is 60.2 Å². The Morgan fingerprint density at radius 2 is 1.94 bits per heavy atom. The molecule has 92 valence electrons. The molecule has 1 rings (SSSR count). The molecule has 1 heterocycles. The maximum absolute atomic E-state index is 4.21. The first-order valence-electron chi connectivity index (χ1n) is 6.06. The molecule has 1 atom stereocenters. The Bertz CT molecular complexity index is 320. The standard InChI is InChI=1S/C13H25N3/c1-10(2)16-9-14-7-12(16)8-15-11(3)13(4,5)6/h7,9-11,15H,8H2,1-6H3. The Kier molecular flexibility index (Phi) is 4.14. The average molecular weight is 223 g/mol. The monoisotopic (exact) mass is 223 g/mol. The number of hydrogen-bond donors (Lipinski definition) is 1. The van der Waals surface area contributed by atoms with E-state index in [9.17, 15) is 0 Å². The van der Waals surface area contributed by atoms with Crippen LogP contribution < -0.4 is 5.32 Å². The van der Waals surface area contributed by atoms with Crippen molar-refractivity contribution in [3.05, 3.63) is 18.2 Å². The van der Waals surface area contributed by atoms with Gasteiger partial charge >= 0.3 is 0 Å². The van der Waals surface area contributed by atoms with E-state index in [1.807, 2.05) is 12.5 Å². The summed E-state index contributed by atoms with van der Waals surface area (Å²) in [7, 11) is 0. The summed E-state index contributed by atoms with van der Waals surface area (Å²) in [6.07, 6.45) is 3.85. The molecule has 0 aliphatic rings. The van der Waals surface area contributed by atoms with Crippen molar-refractivity contribution in [1.29, 1.82) is 0 Å². The zero-order valence-corrected chi connectivity index (χ0v) is 11.4. The predicted molar refractivity (Wildman–Crippen MR) is 68.4 cm³/mol. The van der Waals surface area contributed by atoms with Crippen molar-refractivity contribution in [1.82, 2.24) is 14.9 Å². The number of nitrogens with zero attached hydrogens (tertiary/aromatic N) is 2. The van der Waals surface area contributed by atoms with Gasteiger partial charge in [0, 0.05) is 24.8 Å². The van der Waals surface area contributed by atoms with E-state index in [-0.39, 0.29) is 0 Å². The van der Waals surface area contributed by atoms with Gasteiger partial charge in [0.05, 0.1) is 12.0 Å². The molecule has 1 N–H and O–H groups in total. The molecule has 0 aromatic carbocycles. The summed E-state index contributed by atoms with van der Waals surface area (Å²) in [6, 6.07) is 0.965. The van der Waals surface area contributed by atoms with E-state index in [2.05, 4.69) is 56.4 Å². The van der Waals surface area contributed by atoms with Crippen LogP contribution in [0.1, 0.15) is 53.3 Å². The van der Waals surface area contributed by atoms with Crippen LogP contribution in [0.15, 0.2) is 12.5 Å². The third-order valence-electron chi connectivity index (χ3n) is 3.19. The largest absolute Gasteiger partial charge is 0.331 e. The van der Waals surface area contributed by atoms with E-state index in [1.54, 1.807) is 0 Å². The summed E-state index contributed by atoms with van der Waals surface area (Å²) in [5, 5.41) is 3.56. The zero-order valence-electron chi connectivity index (χ0n) is 11.4. The highest BCUT2D eigenvalue weighted by atomic mass is 15.1. The van der Waals surface area contributed by atoms with Gasteiger partial charge < -0.3 is 9.88 Å². The van der Waals surface area contributed by atoms with Gasteiger partial charge in [-0.1, -0.05) is 20.8 Å². The first kappa shape index (κ1) is 13.2. The Labute approximate surface area is 99.3 Å². The Balaban J connectivity index is 2.58. The minimum absolute atomic E-state index is 0.294. The van der Waals surface area contributed by atoms with Crippen LogP contribution in [0.3, 0.4) is 0 Å². The molecule has 1 aromatic heterocycles. The van der Waals surface area contributed by atoms with E-state index < -0.39 is 0 Å². The lowest BCUT2D eigenvalue weighted by Crippen LogP contribution is -2.37. The summed E-state index contributed by atoms with van der Waals surface area (Å²) in [4.78, 5) is 4.21. The fraction of sp³-hybridized carbons (Fsp3) is 0.769. The molecule has 16 heavy (non-hydrogen) atoms. The molecule has 0 saturated carbocycles. The van der Waals surface area contributed by atoms with Gasteiger partial charge in [-0.25, -0.2) is 4.98 Å². The van der Waals surface area contributed by atoms with Gasteiger partial charge in [-0.15, -0.1) is 0 Å². The molecule has 0 aliphatic heterocycles. The highest BCUT2D eigenvalue weighted by molar-refractivity contribution is 5.00. The number of nitrogens with one attached hydrogen (secondary N) is 1. The van der Waals surface area contributed by atoms with Gasteiger partial charge in [-0.3, -0.25) is 0 Å². The normalized spacial score (nSPS) is 14.4. The molecule has 0 aliphatic carbocycles. The van der Waals surface area contributed by atoms with Crippen molar-refractivity contribution in [3.63, 3.8) is 0 Å². The molecule has 3 nitrogen and oxygen atoms in total. The Hall–Kier alpha value is -0.830. The maximum atomic E-state index is 4.21. The molecule has 0 bridgehead atoms. The number of imidazole rings is 1. The van der Waals surface area contributed by atoms with E-state index in [1.165, 1.54) is 5.69 Å². The van der Waals surface area contributed by atoms with Crippen LogP contribution in [0.2, 0.25) is 0 Å². The van der Waals surface area contributed by atoms with Crippen LogP contribution in [-0.2, 0) is 6.54 Å². The molecule has 3 heteroatoms. The van der Waals surface area contributed by atoms with Gasteiger partial charge in [-0.2, -0.15) is 0 Å². The van der Waals surface area contributed by atoms with Crippen LogP contribution in [0, 0.1) is 5.41 Å². The topological polar surface area (TPSA) is 29.9 Å². The lowest BCUT2D eigenvalue weighted by Gasteiger charge is -2.28. The quantitative estimate of drug-likeness (QED) is 0.850. The third kappa shape index (κ3) is 3.34. The van der Waals surface area contributed by atoms with Gasteiger partial charge in [-0.05, 0) is 26.2 Å². The minimum atomic E-state index is 0.294. The molecule has 1 unspecified atom stereocenters. The minimum Gasteiger partial charge on any atom is -0.331 e. The highest BCUT2D eigenvalue weighted by Crippen LogP contribution is 2.19. The number of aromatic nitrogens is 2. The second kappa shape index (κ2) is 5.00.